The number of aromatic hydroxyl groups is 1. The lowest BCUT2D eigenvalue weighted by Gasteiger charge is -2.31. The molecule has 0 saturated carbocycles. The van der Waals surface area contributed by atoms with Crippen molar-refractivity contribution in [1.82, 2.24) is 58.1 Å². The third kappa shape index (κ3) is 29.7. The van der Waals surface area contributed by atoms with E-state index in [2.05, 4.69) is 88.4 Å². The molecule has 1 aliphatic heterocycles. The van der Waals surface area contributed by atoms with Crippen LogP contribution in [0, 0.1) is 11.8 Å². The molecule has 1 aromatic carbocycles. The zero-order valence-electron chi connectivity index (χ0n) is 53.5. The summed E-state index contributed by atoms with van der Waals surface area (Å²) in [7, 11) is 0. The lowest BCUT2D eigenvalue weighted by molar-refractivity contribution is -0.142. The van der Waals surface area contributed by atoms with Crippen LogP contribution in [-0.2, 0) is 64.0 Å². The highest BCUT2D eigenvalue weighted by Crippen LogP contribution is 2.21. The van der Waals surface area contributed by atoms with E-state index in [1.165, 1.54) is 47.9 Å². The molecule has 12 amide bonds. The van der Waals surface area contributed by atoms with Crippen molar-refractivity contribution in [3.05, 3.63) is 29.8 Å². The second kappa shape index (κ2) is 42.4. The van der Waals surface area contributed by atoms with Crippen molar-refractivity contribution < 1.29 is 62.6 Å². The smallest absolute Gasteiger partial charge is 0.245 e. The van der Waals surface area contributed by atoms with E-state index in [1.54, 1.807) is 34.0 Å². The van der Waals surface area contributed by atoms with Crippen molar-refractivity contribution in [3.8, 4) is 5.75 Å². The molecule has 92 heavy (non-hydrogen) atoms. The molecule has 0 aliphatic carbocycles. The van der Waals surface area contributed by atoms with Gasteiger partial charge < -0.3 is 91.8 Å². The molecule has 0 spiro atoms. The molecule has 0 aromatic heterocycles. The van der Waals surface area contributed by atoms with E-state index in [0.29, 0.717) is 37.0 Å². The zero-order chi connectivity index (χ0) is 69.2. The number of nitrogens with one attached hydrogen (secondary N) is 10. The van der Waals surface area contributed by atoms with E-state index in [4.69, 9.17) is 28.7 Å². The first-order valence-electron chi connectivity index (χ1n) is 30.6. The number of carbonyl (C=O) groups excluding carboxylic acids is 12. The number of rotatable bonds is 42. The molecule has 31 nitrogen and oxygen atoms in total. The number of aliphatic imine (C=N–C) groups is 2. The van der Waals surface area contributed by atoms with Crippen molar-refractivity contribution >= 4 is 120 Å². The Bertz CT molecular complexity index is 2700. The quantitative estimate of drug-likeness (QED) is 0.0131. The predicted molar refractivity (Wildman–Crippen MR) is 356 cm³/mol. The van der Waals surface area contributed by atoms with Gasteiger partial charge in [-0.2, -0.15) is 37.0 Å². The third-order valence-corrected chi connectivity index (χ3v) is 15.8. The maximum absolute atomic E-state index is 14.6. The molecular weight excluding hydrogens is 1250 g/mol. The minimum atomic E-state index is -1.42. The summed E-state index contributed by atoms with van der Waals surface area (Å²) in [4.78, 5) is 173. The van der Waals surface area contributed by atoms with E-state index in [9.17, 15) is 62.6 Å². The van der Waals surface area contributed by atoms with Crippen LogP contribution >= 0.6 is 37.0 Å². The highest BCUT2D eigenvalue weighted by Gasteiger charge is 2.40. The van der Waals surface area contributed by atoms with Gasteiger partial charge in [0.2, 0.25) is 70.9 Å². The van der Waals surface area contributed by atoms with Crippen LogP contribution in [0.5, 0.6) is 5.75 Å². The van der Waals surface area contributed by atoms with Crippen LogP contribution in [0.1, 0.15) is 118 Å². The Morgan fingerprint density at radius 2 is 1.11 bits per heavy atom. The van der Waals surface area contributed by atoms with E-state index < -0.39 is 144 Å². The highest BCUT2D eigenvalue weighted by atomic mass is 32.2. The molecule has 0 radical (unpaired) electrons. The van der Waals surface area contributed by atoms with Crippen molar-refractivity contribution in [2.75, 3.05) is 49.7 Å². The fraction of sp³-hybridized carbons (Fsp3) is 0.655. The van der Waals surface area contributed by atoms with Crippen LogP contribution in [0.2, 0.25) is 0 Å². The summed E-state index contributed by atoms with van der Waals surface area (Å²) in [6, 6.07) is -6.35. The maximum atomic E-state index is 14.6. The van der Waals surface area contributed by atoms with E-state index in [-0.39, 0.29) is 106 Å². The molecule has 1 aliphatic rings. The van der Waals surface area contributed by atoms with Gasteiger partial charge in [-0.3, -0.25) is 67.5 Å². The number of guanidine groups is 2. The molecular formula is C58H98N18O13S3. The molecule has 10 atom stereocenters. The van der Waals surface area contributed by atoms with Gasteiger partial charge in [-0.1, -0.05) is 59.6 Å². The summed E-state index contributed by atoms with van der Waals surface area (Å²) in [6.45, 7) is 9.69. The first-order chi connectivity index (χ1) is 43.5. The minimum absolute atomic E-state index is 0.0270. The van der Waals surface area contributed by atoms with Crippen LogP contribution in [0.4, 0.5) is 0 Å². The van der Waals surface area contributed by atoms with Crippen molar-refractivity contribution in [3.63, 3.8) is 0 Å². The van der Waals surface area contributed by atoms with Crippen LogP contribution in [0.15, 0.2) is 34.3 Å². The SMILES string of the molecule is CCCC[C@H](NC(=O)CNC(=O)[C@H](CC(C)C)NC(=O)[C@H](CCSC)NC(=O)[C@H](CS)NC(=O)[C@H](CCCN=C(N)N)NC(C)=O)C(=O)N[C@H](C(=O)N[C@@H](Cc1ccc(O)cc1)C(=O)N[C@@H](CCCN=C(N)N)C(=O)N1CCC[C@H]1C(=O)N[C@@H](CS)C(N)=O)C(C)C. The fourth-order valence-electron chi connectivity index (χ4n) is 9.59. The molecule has 1 heterocycles. The summed E-state index contributed by atoms with van der Waals surface area (Å²) in [6.07, 6.45) is 4.19. The van der Waals surface area contributed by atoms with Gasteiger partial charge in [0.15, 0.2) is 11.9 Å². The van der Waals surface area contributed by atoms with Crippen molar-refractivity contribution in [1.29, 1.82) is 0 Å². The Kier molecular flexibility index (Phi) is 37.0. The highest BCUT2D eigenvalue weighted by molar-refractivity contribution is 7.98. The number of nitrogens with zero attached hydrogens (tertiary/aromatic N) is 3. The maximum Gasteiger partial charge on any atom is 0.245 e. The van der Waals surface area contributed by atoms with E-state index in [1.807, 2.05) is 6.92 Å². The van der Waals surface area contributed by atoms with Crippen LogP contribution in [0.3, 0.4) is 0 Å². The Hall–Kier alpha value is -7.75. The number of likely N-dealkylation sites (tertiary alicyclic amines) is 1. The topological polar surface area (TPSA) is 503 Å². The molecule has 0 bridgehead atoms. The number of thiol groups is 2. The lowest BCUT2D eigenvalue weighted by Crippen LogP contribution is -2.61. The number of primary amides is 1. The first kappa shape index (κ1) is 80.3. The zero-order valence-corrected chi connectivity index (χ0v) is 56.2. The molecule has 34 heteroatoms. The van der Waals surface area contributed by atoms with Crippen LogP contribution < -0.4 is 81.8 Å². The van der Waals surface area contributed by atoms with Crippen molar-refractivity contribution in [2.45, 2.75) is 179 Å². The molecule has 1 aromatic rings. The van der Waals surface area contributed by atoms with Gasteiger partial charge in [0.1, 0.15) is 66.2 Å². The average Bonchev–Trinajstić information content (AvgIpc) is 1.73. The number of nitrogens with two attached hydrogens (primary N) is 5. The van der Waals surface area contributed by atoms with Gasteiger partial charge in [-0.05, 0) is 99.3 Å². The number of benzene rings is 1. The molecule has 21 N–H and O–H groups in total. The van der Waals surface area contributed by atoms with Gasteiger partial charge in [0.25, 0.3) is 0 Å². The van der Waals surface area contributed by atoms with E-state index in [0.717, 1.165) is 0 Å². The van der Waals surface area contributed by atoms with Gasteiger partial charge in [0.05, 0.1) is 6.54 Å². The number of unbranched alkanes of at least 4 members (excludes halogenated alkanes) is 1. The molecule has 1 saturated heterocycles. The van der Waals surface area contributed by atoms with E-state index >= 15 is 0 Å². The third-order valence-electron chi connectivity index (χ3n) is 14.5. The van der Waals surface area contributed by atoms with Gasteiger partial charge in [-0.25, -0.2) is 0 Å². The number of hydrogen-bond acceptors (Lipinski definition) is 18. The Morgan fingerprint density at radius 1 is 0.609 bits per heavy atom. The van der Waals surface area contributed by atoms with Gasteiger partial charge in [0, 0.05) is 44.5 Å². The standard InChI is InChI=1S/C58H98N18O13S3/c1-8-9-13-37(68-45(79)28-66-48(81)40(26-31(2)3)71-50(83)38(21-25-92-7)69-53(86)43(30-91)74-49(82)36(67-33(6)77)14-10-22-64-57(60)61)51(84)75-46(32(4)5)55(88)72-41(27-34-17-19-35(78)20-18-34)52(85)70-39(15-11-23-65-58(62)63)56(89)76-24-12-16-44(76)54(87)73-42(29-90)47(59)80/h17-20,31-32,36-44,46,78,90-91H,8-16,21-30H2,1-7H3,(H2,59,80)(H,66,81)(H,67,77)(H,68,79)(H,69,86)(H,70,85)(H,71,83)(H,72,88)(H,73,87)(H,74,82)(H,75,84)(H4,60,61,64)(H4,62,63,65)/t36-,37-,38-,39-,40-,41-,42-,43-,44-,46-/m0/s1. The lowest BCUT2D eigenvalue weighted by atomic mass is 9.99. The molecule has 0 unspecified atom stereocenters. The largest absolute Gasteiger partial charge is 0.508 e. The number of carbonyl (C=O) groups is 12. The minimum Gasteiger partial charge on any atom is -0.508 e. The summed E-state index contributed by atoms with van der Waals surface area (Å²) in [5.41, 5.74) is 27.8. The normalized spacial score (nSPS) is 15.6. The fourth-order valence-corrected chi connectivity index (χ4v) is 10.6. The number of amides is 12. The number of thioether (sulfide) groups is 1. The predicted octanol–water partition coefficient (Wildman–Crippen LogP) is -3.48. The van der Waals surface area contributed by atoms with Crippen molar-refractivity contribution in [2.24, 2.45) is 50.5 Å². The monoisotopic (exact) mass is 1350 g/mol. The summed E-state index contributed by atoms with van der Waals surface area (Å²) in [5, 5.41) is 36.4. The first-order valence-corrected chi connectivity index (χ1v) is 33.3. The Labute approximate surface area is 552 Å². The molecule has 516 valence electrons. The molecule has 2 rings (SSSR count). The molecule has 1 fully saturated rings. The Balaban J connectivity index is 2.35. The second-order valence-electron chi connectivity index (χ2n) is 23.0. The number of phenolic OH excluding ortho intramolecular Hbond substituents is 1. The van der Waals surface area contributed by atoms with Gasteiger partial charge in [-0.15, -0.1) is 0 Å². The Morgan fingerprint density at radius 3 is 1.64 bits per heavy atom. The second-order valence-corrected chi connectivity index (χ2v) is 24.7. The summed E-state index contributed by atoms with van der Waals surface area (Å²) < 4.78 is 0. The van der Waals surface area contributed by atoms with Crippen LogP contribution in [0.25, 0.3) is 0 Å². The van der Waals surface area contributed by atoms with Crippen LogP contribution in [-0.4, -0.2) is 203 Å². The van der Waals surface area contributed by atoms with Gasteiger partial charge >= 0.3 is 0 Å². The average molecular weight is 1350 g/mol. The summed E-state index contributed by atoms with van der Waals surface area (Å²) >= 11 is 9.74. The number of hydrogen-bond donors (Lipinski definition) is 18. The number of phenols is 1. The summed E-state index contributed by atoms with van der Waals surface area (Å²) in [5.74, 6) is -9.91.